The van der Waals surface area contributed by atoms with Crippen molar-refractivity contribution in [2.24, 2.45) is 0 Å². The Hall–Kier alpha value is -1.92. The van der Waals surface area contributed by atoms with Gasteiger partial charge in [-0.2, -0.15) is 0 Å². The maximum absolute atomic E-state index is 12.1. The van der Waals surface area contributed by atoms with Gasteiger partial charge in [0.1, 0.15) is 11.5 Å². The third kappa shape index (κ3) is 5.33. The zero-order chi connectivity index (χ0) is 16.7. The van der Waals surface area contributed by atoms with Gasteiger partial charge in [-0.15, -0.1) is 11.8 Å². The van der Waals surface area contributed by atoms with E-state index in [-0.39, 0.29) is 11.9 Å². The van der Waals surface area contributed by atoms with E-state index in [9.17, 15) is 4.79 Å². The minimum Gasteiger partial charge on any atom is -0.497 e. The third-order valence-corrected chi connectivity index (χ3v) is 4.39. The summed E-state index contributed by atoms with van der Waals surface area (Å²) >= 11 is 1.49. The highest BCUT2D eigenvalue weighted by molar-refractivity contribution is 8.00. The van der Waals surface area contributed by atoms with E-state index in [0.29, 0.717) is 12.3 Å². The highest BCUT2D eigenvalue weighted by Gasteiger charge is 2.17. The number of carbonyl (C=O) groups is 1. The van der Waals surface area contributed by atoms with Crippen molar-refractivity contribution in [3.63, 3.8) is 0 Å². The number of methoxy groups -OCH3 is 1. The molecule has 5 nitrogen and oxygen atoms in total. The predicted molar refractivity (Wildman–Crippen MR) is 91.9 cm³/mol. The molecule has 1 aromatic carbocycles. The van der Waals surface area contributed by atoms with Crippen LogP contribution in [0, 0.1) is 0 Å². The second-order valence-corrected chi connectivity index (χ2v) is 6.32. The summed E-state index contributed by atoms with van der Waals surface area (Å²) in [4.78, 5) is 15.1. The Balaban J connectivity index is 1.82. The molecule has 0 spiro atoms. The molecule has 2 rings (SSSR count). The lowest BCUT2D eigenvalue weighted by molar-refractivity contribution is -0.118. The molecule has 1 heterocycles. The van der Waals surface area contributed by atoms with Gasteiger partial charge < -0.3 is 14.5 Å². The van der Waals surface area contributed by atoms with Crippen LogP contribution in [0.25, 0.3) is 0 Å². The molecule has 1 aromatic heterocycles. The summed E-state index contributed by atoms with van der Waals surface area (Å²) < 4.78 is 10.6. The first-order valence-electron chi connectivity index (χ1n) is 7.33. The van der Waals surface area contributed by atoms with Crippen LogP contribution in [-0.4, -0.2) is 44.3 Å². The Bertz CT molecular complexity index is 614. The molecule has 0 saturated carbocycles. The Kier molecular flexibility index (Phi) is 6.55. The van der Waals surface area contributed by atoms with Gasteiger partial charge in [-0.05, 0) is 44.4 Å². The molecule has 1 N–H and O–H groups in total. The Morgan fingerprint density at radius 1 is 1.35 bits per heavy atom. The molecule has 2 aromatic rings. The quantitative estimate of drug-likeness (QED) is 0.752. The molecule has 124 valence electrons. The minimum absolute atomic E-state index is 0.00349. The van der Waals surface area contributed by atoms with E-state index >= 15 is 0 Å². The zero-order valence-electron chi connectivity index (χ0n) is 13.6. The van der Waals surface area contributed by atoms with Gasteiger partial charge in [0, 0.05) is 11.4 Å². The average molecular weight is 334 g/mol. The van der Waals surface area contributed by atoms with Crippen molar-refractivity contribution in [3.05, 3.63) is 48.4 Å². The Labute approximate surface area is 141 Å². The van der Waals surface area contributed by atoms with Gasteiger partial charge in [-0.25, -0.2) is 0 Å². The molecule has 0 aliphatic heterocycles. The van der Waals surface area contributed by atoms with Crippen LogP contribution < -0.4 is 10.1 Å². The van der Waals surface area contributed by atoms with E-state index in [1.54, 1.807) is 13.4 Å². The molecule has 0 fully saturated rings. The number of likely N-dealkylation sites (N-methyl/N-ethyl adjacent to an activating group) is 1. The number of rotatable bonds is 8. The number of hydrogen-bond donors (Lipinski definition) is 1. The monoisotopic (exact) mass is 334 g/mol. The maximum atomic E-state index is 12.1. The summed E-state index contributed by atoms with van der Waals surface area (Å²) in [6.45, 7) is 0.512. The number of benzene rings is 1. The number of carbonyl (C=O) groups excluding carboxylic acids is 1. The minimum atomic E-state index is -0.00349. The van der Waals surface area contributed by atoms with Crippen LogP contribution in [0.2, 0.25) is 0 Å². The smallest absolute Gasteiger partial charge is 0.230 e. The van der Waals surface area contributed by atoms with Crippen LogP contribution >= 0.6 is 11.8 Å². The molecule has 0 unspecified atom stereocenters. The van der Waals surface area contributed by atoms with Gasteiger partial charge in [-0.1, -0.05) is 6.07 Å². The van der Waals surface area contributed by atoms with Crippen molar-refractivity contribution >= 4 is 17.7 Å². The van der Waals surface area contributed by atoms with Crippen molar-refractivity contribution in [1.29, 1.82) is 0 Å². The summed E-state index contributed by atoms with van der Waals surface area (Å²) in [5, 5.41) is 2.96. The molecule has 0 aliphatic carbocycles. The van der Waals surface area contributed by atoms with Crippen molar-refractivity contribution in [3.8, 4) is 5.75 Å². The van der Waals surface area contributed by atoms with Gasteiger partial charge in [0.2, 0.25) is 5.91 Å². The van der Waals surface area contributed by atoms with Crippen molar-refractivity contribution < 1.29 is 13.9 Å². The molecule has 0 bridgehead atoms. The fraction of sp³-hybridized carbons (Fsp3) is 0.353. The second kappa shape index (κ2) is 8.64. The first-order valence-corrected chi connectivity index (χ1v) is 8.32. The van der Waals surface area contributed by atoms with Crippen molar-refractivity contribution in [2.45, 2.75) is 10.9 Å². The summed E-state index contributed by atoms with van der Waals surface area (Å²) in [5.41, 5.74) is 0. The molecule has 1 amide bonds. The predicted octanol–water partition coefficient (Wildman–Crippen LogP) is 2.80. The number of nitrogens with zero attached hydrogens (tertiary/aromatic N) is 1. The van der Waals surface area contributed by atoms with Gasteiger partial charge in [0.25, 0.3) is 0 Å². The molecule has 23 heavy (non-hydrogen) atoms. The Morgan fingerprint density at radius 2 is 2.17 bits per heavy atom. The largest absolute Gasteiger partial charge is 0.497 e. The lowest BCUT2D eigenvalue weighted by Gasteiger charge is -2.22. The van der Waals surface area contributed by atoms with Gasteiger partial charge in [0.05, 0.1) is 25.2 Å². The van der Waals surface area contributed by atoms with Crippen LogP contribution in [0.1, 0.15) is 11.8 Å². The molecule has 0 radical (unpaired) electrons. The van der Waals surface area contributed by atoms with Gasteiger partial charge in [-0.3, -0.25) is 9.69 Å². The van der Waals surface area contributed by atoms with Crippen LogP contribution in [-0.2, 0) is 4.79 Å². The molecule has 0 saturated heterocycles. The summed E-state index contributed by atoms with van der Waals surface area (Å²) in [6.07, 6.45) is 1.65. The lowest BCUT2D eigenvalue weighted by atomic mass is 10.2. The molecule has 1 atom stereocenters. The lowest BCUT2D eigenvalue weighted by Crippen LogP contribution is -2.35. The second-order valence-electron chi connectivity index (χ2n) is 5.27. The summed E-state index contributed by atoms with van der Waals surface area (Å²) in [7, 11) is 5.56. The number of nitrogens with one attached hydrogen (secondary N) is 1. The first-order chi connectivity index (χ1) is 11.1. The molecular weight excluding hydrogens is 312 g/mol. The van der Waals surface area contributed by atoms with E-state index in [1.165, 1.54) is 11.8 Å². The van der Waals surface area contributed by atoms with Crippen LogP contribution in [0.5, 0.6) is 5.75 Å². The normalized spacial score (nSPS) is 12.2. The highest BCUT2D eigenvalue weighted by Crippen LogP contribution is 2.22. The van der Waals surface area contributed by atoms with Crippen LogP contribution in [0.15, 0.2) is 52.0 Å². The standard InChI is InChI=1S/C17H22N2O3S/c1-19(2)15(16-8-5-9-22-16)11-18-17(20)12-23-14-7-4-6-13(10-14)21-3/h4-10,15H,11-12H2,1-3H3,(H,18,20)/t15-/m1/s1. The number of furan rings is 1. The van der Waals surface area contributed by atoms with E-state index in [4.69, 9.17) is 9.15 Å². The first kappa shape index (κ1) is 17.4. The van der Waals surface area contributed by atoms with E-state index in [1.807, 2.05) is 55.4 Å². The van der Waals surface area contributed by atoms with E-state index < -0.39 is 0 Å². The van der Waals surface area contributed by atoms with Gasteiger partial charge >= 0.3 is 0 Å². The number of ether oxygens (including phenoxy) is 1. The molecule has 0 aliphatic rings. The van der Waals surface area contributed by atoms with Crippen molar-refractivity contribution in [1.82, 2.24) is 10.2 Å². The molecule has 6 heteroatoms. The highest BCUT2D eigenvalue weighted by atomic mass is 32.2. The van der Waals surface area contributed by atoms with Crippen LogP contribution in [0.4, 0.5) is 0 Å². The number of thioether (sulfide) groups is 1. The summed E-state index contributed by atoms with van der Waals surface area (Å²) in [6, 6.07) is 11.5. The van der Waals surface area contributed by atoms with E-state index in [0.717, 1.165) is 16.4 Å². The van der Waals surface area contributed by atoms with Crippen molar-refractivity contribution in [2.75, 3.05) is 33.5 Å². The van der Waals surface area contributed by atoms with Crippen LogP contribution in [0.3, 0.4) is 0 Å². The average Bonchev–Trinajstić information content (AvgIpc) is 3.07. The molecular formula is C17H22N2O3S. The SMILES string of the molecule is COc1cccc(SCC(=O)NC[C@H](c2ccco2)N(C)C)c1. The number of amides is 1. The summed E-state index contributed by atoms with van der Waals surface area (Å²) in [5.74, 6) is 2.00. The zero-order valence-corrected chi connectivity index (χ0v) is 14.4. The Morgan fingerprint density at radius 3 is 2.83 bits per heavy atom. The number of hydrogen-bond acceptors (Lipinski definition) is 5. The fourth-order valence-electron chi connectivity index (χ4n) is 2.12. The topological polar surface area (TPSA) is 54.7 Å². The van der Waals surface area contributed by atoms with E-state index in [2.05, 4.69) is 5.32 Å². The van der Waals surface area contributed by atoms with Gasteiger partial charge in [0.15, 0.2) is 0 Å². The fourth-order valence-corrected chi connectivity index (χ4v) is 2.89. The maximum Gasteiger partial charge on any atom is 0.230 e. The third-order valence-electron chi connectivity index (χ3n) is 3.40.